The quantitative estimate of drug-likeness (QED) is 0.595. The molecule has 0 saturated carbocycles. The first kappa shape index (κ1) is 14.9. The number of hydrogen-bond donors (Lipinski definition) is 2. The summed E-state index contributed by atoms with van der Waals surface area (Å²) in [7, 11) is 1.86. The minimum Gasteiger partial charge on any atom is -0.378 e. The van der Waals surface area contributed by atoms with Crippen molar-refractivity contribution in [2.24, 2.45) is 0 Å². The van der Waals surface area contributed by atoms with E-state index >= 15 is 0 Å². The molecule has 6 heteroatoms. The maximum absolute atomic E-state index is 11.7. The monoisotopic (exact) mass is 257 g/mol. The molecule has 0 atom stereocenters. The highest BCUT2D eigenvalue weighted by Gasteiger charge is 2.16. The van der Waals surface area contributed by atoms with Crippen molar-refractivity contribution in [2.75, 3.05) is 46.4 Å². The molecule has 6 nitrogen and oxygen atoms in total. The van der Waals surface area contributed by atoms with Crippen LogP contribution in [0.4, 0.5) is 0 Å². The van der Waals surface area contributed by atoms with Crippen molar-refractivity contribution in [1.82, 2.24) is 15.5 Å². The SMILES string of the molecule is CNCCCC(=O)NCCC(=O)N1CCOCC1. The lowest BCUT2D eigenvalue weighted by Crippen LogP contribution is -2.42. The summed E-state index contributed by atoms with van der Waals surface area (Å²) in [5, 5.41) is 5.75. The predicted octanol–water partition coefficient (Wildman–Crippen LogP) is -0.649. The zero-order valence-corrected chi connectivity index (χ0v) is 11.0. The zero-order chi connectivity index (χ0) is 13.2. The number of carbonyl (C=O) groups excluding carboxylic acids is 2. The van der Waals surface area contributed by atoms with Crippen LogP contribution in [0.5, 0.6) is 0 Å². The van der Waals surface area contributed by atoms with Gasteiger partial charge in [0.15, 0.2) is 0 Å². The van der Waals surface area contributed by atoms with E-state index in [1.807, 2.05) is 7.05 Å². The number of hydrogen-bond acceptors (Lipinski definition) is 4. The van der Waals surface area contributed by atoms with Gasteiger partial charge in [-0.15, -0.1) is 0 Å². The summed E-state index contributed by atoms with van der Waals surface area (Å²) in [6, 6.07) is 0. The van der Waals surface area contributed by atoms with Gasteiger partial charge in [0.05, 0.1) is 13.2 Å². The van der Waals surface area contributed by atoms with Crippen LogP contribution < -0.4 is 10.6 Å². The van der Waals surface area contributed by atoms with Crippen molar-refractivity contribution in [2.45, 2.75) is 19.3 Å². The smallest absolute Gasteiger partial charge is 0.224 e. The van der Waals surface area contributed by atoms with Gasteiger partial charge >= 0.3 is 0 Å². The van der Waals surface area contributed by atoms with Crippen LogP contribution in [0.2, 0.25) is 0 Å². The summed E-state index contributed by atoms with van der Waals surface area (Å²) in [4.78, 5) is 24.9. The van der Waals surface area contributed by atoms with Crippen LogP contribution in [0.3, 0.4) is 0 Å². The molecule has 1 aliphatic heterocycles. The highest BCUT2D eigenvalue weighted by atomic mass is 16.5. The molecule has 1 aliphatic rings. The average molecular weight is 257 g/mol. The van der Waals surface area contributed by atoms with Crippen molar-refractivity contribution in [1.29, 1.82) is 0 Å². The molecule has 0 bridgehead atoms. The number of ether oxygens (including phenoxy) is 1. The van der Waals surface area contributed by atoms with Crippen LogP contribution in [-0.4, -0.2) is 63.2 Å². The molecular weight excluding hydrogens is 234 g/mol. The van der Waals surface area contributed by atoms with Gasteiger partial charge in [-0.2, -0.15) is 0 Å². The van der Waals surface area contributed by atoms with E-state index in [2.05, 4.69) is 10.6 Å². The van der Waals surface area contributed by atoms with Gasteiger partial charge in [0.2, 0.25) is 11.8 Å². The molecule has 0 radical (unpaired) electrons. The molecular formula is C12H23N3O3. The van der Waals surface area contributed by atoms with Crippen molar-refractivity contribution >= 4 is 11.8 Å². The fourth-order valence-corrected chi connectivity index (χ4v) is 1.79. The molecule has 2 amide bonds. The Morgan fingerprint density at radius 1 is 1.17 bits per heavy atom. The van der Waals surface area contributed by atoms with E-state index in [1.54, 1.807) is 4.90 Å². The van der Waals surface area contributed by atoms with E-state index in [1.165, 1.54) is 0 Å². The fourth-order valence-electron chi connectivity index (χ4n) is 1.79. The van der Waals surface area contributed by atoms with Crippen LogP contribution in [0.1, 0.15) is 19.3 Å². The number of nitrogens with one attached hydrogen (secondary N) is 2. The Labute approximate surface area is 108 Å². The van der Waals surface area contributed by atoms with Gasteiger partial charge < -0.3 is 20.3 Å². The van der Waals surface area contributed by atoms with E-state index in [4.69, 9.17) is 4.74 Å². The molecule has 0 unspecified atom stereocenters. The van der Waals surface area contributed by atoms with Crippen LogP contribution in [0.15, 0.2) is 0 Å². The summed E-state index contributed by atoms with van der Waals surface area (Å²) in [6.45, 7) is 3.81. The lowest BCUT2D eigenvalue weighted by molar-refractivity contribution is -0.135. The maximum Gasteiger partial charge on any atom is 0.224 e. The van der Waals surface area contributed by atoms with E-state index in [0.717, 1.165) is 13.0 Å². The third-order valence-corrected chi connectivity index (χ3v) is 2.86. The molecule has 0 aromatic rings. The topological polar surface area (TPSA) is 70.7 Å². The third-order valence-electron chi connectivity index (χ3n) is 2.86. The van der Waals surface area contributed by atoms with Gasteiger partial charge in [-0.3, -0.25) is 9.59 Å². The Bertz CT molecular complexity index is 265. The zero-order valence-electron chi connectivity index (χ0n) is 11.0. The minimum absolute atomic E-state index is 0.0139. The number of nitrogens with zero attached hydrogens (tertiary/aromatic N) is 1. The van der Waals surface area contributed by atoms with Crippen LogP contribution in [-0.2, 0) is 14.3 Å². The van der Waals surface area contributed by atoms with E-state index in [0.29, 0.717) is 45.7 Å². The van der Waals surface area contributed by atoms with Gasteiger partial charge in [0.1, 0.15) is 0 Å². The normalized spacial score (nSPS) is 15.5. The van der Waals surface area contributed by atoms with Gasteiger partial charge in [0, 0.05) is 32.5 Å². The Balaban J connectivity index is 2.05. The third kappa shape index (κ3) is 5.97. The number of rotatable bonds is 7. The second kappa shape index (κ2) is 8.88. The van der Waals surface area contributed by atoms with Crippen LogP contribution in [0, 0.1) is 0 Å². The van der Waals surface area contributed by atoms with E-state index < -0.39 is 0 Å². The fraction of sp³-hybridized carbons (Fsp3) is 0.833. The largest absolute Gasteiger partial charge is 0.378 e. The molecule has 1 rings (SSSR count). The summed E-state index contributed by atoms with van der Waals surface area (Å²) in [6.07, 6.45) is 1.70. The number of amides is 2. The number of morpholine rings is 1. The van der Waals surface area contributed by atoms with Crippen LogP contribution >= 0.6 is 0 Å². The van der Waals surface area contributed by atoms with Crippen molar-refractivity contribution in [3.63, 3.8) is 0 Å². The highest BCUT2D eigenvalue weighted by molar-refractivity contribution is 5.79. The van der Waals surface area contributed by atoms with Gasteiger partial charge in [0.25, 0.3) is 0 Å². The molecule has 0 spiro atoms. The van der Waals surface area contributed by atoms with Crippen molar-refractivity contribution in [3.05, 3.63) is 0 Å². The molecule has 0 aliphatic carbocycles. The molecule has 0 aromatic heterocycles. The highest BCUT2D eigenvalue weighted by Crippen LogP contribution is 1.99. The molecule has 18 heavy (non-hydrogen) atoms. The first-order valence-electron chi connectivity index (χ1n) is 6.51. The minimum atomic E-state index is 0.0139. The lowest BCUT2D eigenvalue weighted by atomic mass is 10.3. The summed E-state index contributed by atoms with van der Waals surface area (Å²) >= 11 is 0. The second-order valence-corrected chi connectivity index (χ2v) is 4.30. The Hall–Kier alpha value is -1.14. The van der Waals surface area contributed by atoms with E-state index in [9.17, 15) is 9.59 Å². The second-order valence-electron chi connectivity index (χ2n) is 4.30. The van der Waals surface area contributed by atoms with Gasteiger partial charge in [-0.25, -0.2) is 0 Å². The Morgan fingerprint density at radius 3 is 2.56 bits per heavy atom. The first-order valence-corrected chi connectivity index (χ1v) is 6.51. The summed E-state index contributed by atoms with van der Waals surface area (Å²) in [5.41, 5.74) is 0. The predicted molar refractivity (Wildman–Crippen MR) is 68.2 cm³/mol. The van der Waals surface area contributed by atoms with Gasteiger partial charge in [-0.05, 0) is 20.0 Å². The first-order chi connectivity index (χ1) is 8.74. The average Bonchev–Trinajstić information content (AvgIpc) is 2.40. The number of carbonyl (C=O) groups is 2. The van der Waals surface area contributed by atoms with Crippen molar-refractivity contribution < 1.29 is 14.3 Å². The molecule has 1 saturated heterocycles. The standard InChI is InChI=1S/C12H23N3O3/c1-13-5-2-3-11(16)14-6-4-12(17)15-7-9-18-10-8-15/h13H,2-10H2,1H3,(H,14,16). The van der Waals surface area contributed by atoms with Crippen LogP contribution in [0.25, 0.3) is 0 Å². The van der Waals surface area contributed by atoms with Gasteiger partial charge in [-0.1, -0.05) is 0 Å². The maximum atomic E-state index is 11.7. The lowest BCUT2D eigenvalue weighted by Gasteiger charge is -2.26. The van der Waals surface area contributed by atoms with Crippen molar-refractivity contribution in [3.8, 4) is 0 Å². The summed E-state index contributed by atoms with van der Waals surface area (Å²) < 4.78 is 5.18. The molecule has 1 fully saturated rings. The molecule has 1 heterocycles. The molecule has 104 valence electrons. The molecule has 0 aromatic carbocycles. The summed E-state index contributed by atoms with van der Waals surface area (Å²) in [5.74, 6) is 0.105. The Kier molecular flexibility index (Phi) is 7.36. The Morgan fingerprint density at radius 2 is 1.89 bits per heavy atom. The van der Waals surface area contributed by atoms with E-state index in [-0.39, 0.29) is 11.8 Å². The molecule has 2 N–H and O–H groups in total.